The van der Waals surface area contributed by atoms with Gasteiger partial charge in [0.15, 0.2) is 0 Å². The minimum atomic E-state index is -0.119. The number of piperidine rings is 1. The third-order valence-electron chi connectivity index (χ3n) is 3.62. The molecule has 19 heavy (non-hydrogen) atoms. The van der Waals surface area contributed by atoms with Crippen LogP contribution >= 0.6 is 12.2 Å². The number of carbonyl (C=O) groups excluding carboxylic acids is 1. The first kappa shape index (κ1) is 14.0. The van der Waals surface area contributed by atoms with Crippen LogP contribution in [0.3, 0.4) is 0 Å². The monoisotopic (exact) mass is 281 g/mol. The first-order valence-electron chi connectivity index (χ1n) is 6.38. The van der Waals surface area contributed by atoms with E-state index in [1.54, 1.807) is 0 Å². The van der Waals surface area contributed by atoms with Crippen molar-refractivity contribution in [1.29, 1.82) is 0 Å². The van der Waals surface area contributed by atoms with Crippen LogP contribution in [0, 0.1) is 5.92 Å². The Bertz CT molecular complexity index is 439. The number of ether oxygens (including phenoxy) is 1. The predicted octanol–water partition coefficient (Wildman–Crippen LogP) is 1.23. The summed E-state index contributed by atoms with van der Waals surface area (Å²) in [6, 6.07) is 3.83. The van der Waals surface area contributed by atoms with E-state index in [9.17, 15) is 4.79 Å². The minimum Gasteiger partial charge on any atom is -0.469 e. The van der Waals surface area contributed by atoms with Crippen molar-refractivity contribution in [2.45, 2.75) is 18.9 Å². The van der Waals surface area contributed by atoms with Crippen LogP contribution in [0.4, 0.5) is 0 Å². The van der Waals surface area contributed by atoms with Crippen LogP contribution in [-0.4, -0.2) is 41.0 Å². The Morgan fingerprint density at radius 2 is 2.26 bits per heavy atom. The summed E-state index contributed by atoms with van der Waals surface area (Å²) in [7, 11) is 1.44. The van der Waals surface area contributed by atoms with Gasteiger partial charge in [-0.1, -0.05) is 12.2 Å². The lowest BCUT2D eigenvalue weighted by Gasteiger charge is -2.35. The van der Waals surface area contributed by atoms with Gasteiger partial charge in [-0.25, -0.2) is 0 Å². The van der Waals surface area contributed by atoms with Gasteiger partial charge in [0.1, 0.15) is 6.04 Å². The Balaban J connectivity index is 2.02. The fraction of sp³-hybridized carbons (Fsp3) is 0.538. The first-order chi connectivity index (χ1) is 9.13. The molecule has 1 aliphatic heterocycles. The lowest BCUT2D eigenvalue weighted by atomic mass is 9.95. The van der Waals surface area contributed by atoms with Crippen molar-refractivity contribution in [3.63, 3.8) is 0 Å². The van der Waals surface area contributed by atoms with Gasteiger partial charge in [-0.05, 0) is 25.0 Å². The normalized spacial score (nSPS) is 19.0. The van der Waals surface area contributed by atoms with Crippen LogP contribution < -0.4 is 5.73 Å². The maximum absolute atomic E-state index is 11.5. The molecule has 0 bridgehead atoms. The Morgan fingerprint density at radius 1 is 1.58 bits per heavy atom. The molecule has 1 saturated heterocycles. The van der Waals surface area contributed by atoms with Crippen LogP contribution in [0.15, 0.2) is 18.3 Å². The molecule has 0 radical (unpaired) electrons. The highest BCUT2D eigenvalue weighted by Gasteiger charge is 2.31. The van der Waals surface area contributed by atoms with Crippen molar-refractivity contribution < 1.29 is 9.53 Å². The summed E-state index contributed by atoms with van der Waals surface area (Å²) >= 11 is 5.17. The molecular weight excluding hydrogens is 262 g/mol. The molecule has 0 saturated carbocycles. The van der Waals surface area contributed by atoms with E-state index >= 15 is 0 Å². The molecule has 1 aliphatic rings. The number of hydrogen-bond acceptors (Lipinski definition) is 4. The fourth-order valence-corrected chi connectivity index (χ4v) is 2.88. The summed E-state index contributed by atoms with van der Waals surface area (Å²) < 4.78 is 4.79. The molecule has 0 aromatic carbocycles. The number of methoxy groups -OCH3 is 1. The van der Waals surface area contributed by atoms with Gasteiger partial charge in [-0.3, -0.25) is 9.69 Å². The highest BCUT2D eigenvalue weighted by molar-refractivity contribution is 7.80. The van der Waals surface area contributed by atoms with Crippen LogP contribution in [-0.2, 0) is 9.53 Å². The summed E-state index contributed by atoms with van der Waals surface area (Å²) in [5.41, 5.74) is 6.86. The molecule has 5 nitrogen and oxygen atoms in total. The number of nitrogens with one attached hydrogen (secondary N) is 1. The van der Waals surface area contributed by atoms with Gasteiger partial charge in [0.25, 0.3) is 0 Å². The van der Waals surface area contributed by atoms with E-state index in [0.717, 1.165) is 31.6 Å². The summed E-state index contributed by atoms with van der Waals surface area (Å²) in [5, 5.41) is 0. The zero-order chi connectivity index (χ0) is 13.8. The summed E-state index contributed by atoms with van der Waals surface area (Å²) in [6.07, 6.45) is 3.43. The van der Waals surface area contributed by atoms with E-state index in [4.69, 9.17) is 22.7 Å². The van der Waals surface area contributed by atoms with Gasteiger partial charge in [-0.15, -0.1) is 0 Å². The van der Waals surface area contributed by atoms with Crippen molar-refractivity contribution in [3.8, 4) is 0 Å². The Labute approximate surface area is 118 Å². The summed E-state index contributed by atoms with van der Waals surface area (Å²) in [6.45, 7) is 1.58. The molecule has 1 unspecified atom stereocenters. The maximum Gasteiger partial charge on any atom is 0.308 e. The molecule has 3 N–H and O–H groups in total. The fourth-order valence-electron chi connectivity index (χ4n) is 2.60. The highest BCUT2D eigenvalue weighted by Crippen LogP contribution is 2.27. The Hall–Kier alpha value is -1.40. The molecule has 1 atom stereocenters. The molecule has 104 valence electrons. The van der Waals surface area contributed by atoms with E-state index < -0.39 is 0 Å². The Kier molecular flexibility index (Phi) is 4.55. The molecule has 2 rings (SSSR count). The number of H-pyrrole nitrogens is 1. The number of aromatic nitrogens is 1. The highest BCUT2D eigenvalue weighted by atomic mass is 32.1. The molecule has 0 spiro atoms. The lowest BCUT2D eigenvalue weighted by Crippen LogP contribution is -2.43. The van der Waals surface area contributed by atoms with Gasteiger partial charge in [0, 0.05) is 25.0 Å². The van der Waals surface area contributed by atoms with Crippen molar-refractivity contribution in [2.24, 2.45) is 11.7 Å². The molecule has 1 fully saturated rings. The second-order valence-corrected chi connectivity index (χ2v) is 5.24. The predicted molar refractivity (Wildman–Crippen MR) is 76.6 cm³/mol. The number of aromatic amines is 1. The minimum absolute atomic E-state index is 0.00288. The van der Waals surface area contributed by atoms with E-state index in [-0.39, 0.29) is 17.9 Å². The van der Waals surface area contributed by atoms with E-state index in [2.05, 4.69) is 9.88 Å². The topological polar surface area (TPSA) is 71.3 Å². The molecule has 0 aliphatic carbocycles. The zero-order valence-electron chi connectivity index (χ0n) is 11.0. The van der Waals surface area contributed by atoms with Crippen LogP contribution in [0.2, 0.25) is 0 Å². The van der Waals surface area contributed by atoms with Crippen molar-refractivity contribution in [1.82, 2.24) is 9.88 Å². The standard InChI is InChI=1S/C13H19N3O2S/c1-18-13(17)9-4-7-16(8-5-9)11(12(14)19)10-3-2-6-15-10/h2-3,6,9,11,15H,4-5,7-8H2,1H3,(H2,14,19). The van der Waals surface area contributed by atoms with Crippen LogP contribution in [0.1, 0.15) is 24.6 Å². The number of thiocarbonyl (C=S) groups is 1. The van der Waals surface area contributed by atoms with Crippen LogP contribution in [0.5, 0.6) is 0 Å². The first-order valence-corrected chi connectivity index (χ1v) is 6.78. The quantitative estimate of drug-likeness (QED) is 0.641. The molecular formula is C13H19N3O2S. The number of nitrogens with zero attached hydrogens (tertiary/aromatic N) is 1. The number of hydrogen-bond donors (Lipinski definition) is 2. The lowest BCUT2D eigenvalue weighted by molar-refractivity contribution is -0.147. The molecule has 1 aromatic heterocycles. The van der Waals surface area contributed by atoms with E-state index in [1.165, 1.54) is 7.11 Å². The number of rotatable bonds is 4. The van der Waals surface area contributed by atoms with Crippen molar-refractivity contribution in [3.05, 3.63) is 24.0 Å². The number of nitrogens with two attached hydrogens (primary N) is 1. The summed E-state index contributed by atoms with van der Waals surface area (Å²) in [5.74, 6) is -0.122. The SMILES string of the molecule is COC(=O)C1CCN(C(C(N)=S)c2ccc[nH]2)CC1. The average Bonchev–Trinajstić information content (AvgIpc) is 2.92. The Morgan fingerprint density at radius 3 is 2.74 bits per heavy atom. The van der Waals surface area contributed by atoms with Crippen LogP contribution in [0.25, 0.3) is 0 Å². The molecule has 0 amide bonds. The molecule has 2 heterocycles. The van der Waals surface area contributed by atoms with Gasteiger partial charge in [0.2, 0.25) is 0 Å². The zero-order valence-corrected chi connectivity index (χ0v) is 11.8. The van der Waals surface area contributed by atoms with Crippen molar-refractivity contribution >= 4 is 23.2 Å². The number of likely N-dealkylation sites (tertiary alicyclic amines) is 1. The van der Waals surface area contributed by atoms with Gasteiger partial charge >= 0.3 is 5.97 Å². The second-order valence-electron chi connectivity index (χ2n) is 4.76. The van der Waals surface area contributed by atoms with E-state index in [0.29, 0.717) is 4.99 Å². The van der Waals surface area contributed by atoms with Gasteiger partial charge in [-0.2, -0.15) is 0 Å². The van der Waals surface area contributed by atoms with Crippen molar-refractivity contribution in [2.75, 3.05) is 20.2 Å². The van der Waals surface area contributed by atoms with Gasteiger partial charge in [0.05, 0.1) is 18.0 Å². The summed E-state index contributed by atoms with van der Waals surface area (Å²) in [4.78, 5) is 17.3. The maximum atomic E-state index is 11.5. The van der Waals surface area contributed by atoms with Gasteiger partial charge < -0.3 is 15.5 Å². The third-order valence-corrected chi connectivity index (χ3v) is 3.84. The average molecular weight is 281 g/mol. The van der Waals surface area contributed by atoms with E-state index in [1.807, 2.05) is 18.3 Å². The number of carbonyl (C=O) groups is 1. The third kappa shape index (κ3) is 3.13. The molecule has 1 aromatic rings. The second kappa shape index (κ2) is 6.16. The number of esters is 1. The smallest absolute Gasteiger partial charge is 0.308 e. The molecule has 6 heteroatoms. The largest absolute Gasteiger partial charge is 0.469 e.